The van der Waals surface area contributed by atoms with Gasteiger partial charge in [0.2, 0.25) is 0 Å². The Bertz CT molecular complexity index is 522. The van der Waals surface area contributed by atoms with Crippen molar-refractivity contribution in [2.75, 3.05) is 5.75 Å². The SMILES string of the molecule is CC(C)NC(C#N)CSc1nc2ccccc2[nH]1. The molecule has 0 saturated heterocycles. The number of hydrogen-bond donors (Lipinski definition) is 2. The molecule has 2 rings (SSSR count). The van der Waals surface area contributed by atoms with E-state index in [9.17, 15) is 0 Å². The van der Waals surface area contributed by atoms with E-state index in [1.807, 2.05) is 38.1 Å². The summed E-state index contributed by atoms with van der Waals surface area (Å²) in [5.74, 6) is 0.689. The number of H-pyrrole nitrogens is 1. The van der Waals surface area contributed by atoms with Crippen molar-refractivity contribution in [1.29, 1.82) is 5.26 Å². The molecule has 2 aromatic rings. The maximum absolute atomic E-state index is 9.04. The summed E-state index contributed by atoms with van der Waals surface area (Å²) < 4.78 is 0. The zero-order valence-electron chi connectivity index (χ0n) is 10.5. The molecule has 2 N–H and O–H groups in total. The number of rotatable bonds is 5. The molecule has 1 atom stereocenters. The molecule has 0 amide bonds. The van der Waals surface area contributed by atoms with Crippen LogP contribution in [0.5, 0.6) is 0 Å². The van der Waals surface area contributed by atoms with Crippen LogP contribution in [0.15, 0.2) is 29.4 Å². The van der Waals surface area contributed by atoms with Gasteiger partial charge in [0.25, 0.3) is 0 Å². The van der Waals surface area contributed by atoms with E-state index in [1.54, 1.807) is 11.8 Å². The smallest absolute Gasteiger partial charge is 0.166 e. The molecule has 1 aromatic heterocycles. The van der Waals surface area contributed by atoms with Crippen molar-refractivity contribution in [2.45, 2.75) is 31.1 Å². The number of fused-ring (bicyclic) bond motifs is 1. The molecule has 4 nitrogen and oxygen atoms in total. The third-order valence-electron chi connectivity index (χ3n) is 2.44. The molecule has 1 aromatic carbocycles. The number of thioether (sulfide) groups is 1. The molecule has 0 saturated carbocycles. The van der Waals surface area contributed by atoms with Crippen molar-refractivity contribution in [3.63, 3.8) is 0 Å². The predicted octanol–water partition coefficient (Wildman–Crippen LogP) is 2.55. The molecule has 0 fully saturated rings. The highest BCUT2D eigenvalue weighted by atomic mass is 32.2. The maximum atomic E-state index is 9.04. The minimum Gasteiger partial charge on any atom is -0.333 e. The van der Waals surface area contributed by atoms with Crippen molar-refractivity contribution < 1.29 is 0 Å². The number of para-hydroxylation sites is 2. The zero-order chi connectivity index (χ0) is 13.0. The van der Waals surface area contributed by atoms with Crippen LogP contribution in [0.3, 0.4) is 0 Å². The van der Waals surface area contributed by atoms with Crippen LogP contribution in [0, 0.1) is 11.3 Å². The van der Waals surface area contributed by atoms with Gasteiger partial charge in [-0.05, 0) is 26.0 Å². The molecular formula is C13H16N4S. The van der Waals surface area contributed by atoms with Crippen molar-refractivity contribution >= 4 is 22.8 Å². The first kappa shape index (κ1) is 12.9. The number of benzene rings is 1. The molecule has 0 aliphatic carbocycles. The predicted molar refractivity (Wildman–Crippen MR) is 74.5 cm³/mol. The van der Waals surface area contributed by atoms with Gasteiger partial charge in [-0.25, -0.2) is 4.98 Å². The second kappa shape index (κ2) is 5.89. The summed E-state index contributed by atoms with van der Waals surface area (Å²) >= 11 is 1.57. The summed E-state index contributed by atoms with van der Waals surface area (Å²) in [4.78, 5) is 7.71. The van der Waals surface area contributed by atoms with Gasteiger partial charge in [0.1, 0.15) is 6.04 Å². The van der Waals surface area contributed by atoms with Crippen LogP contribution in [-0.4, -0.2) is 27.8 Å². The first-order valence-electron chi connectivity index (χ1n) is 5.92. The van der Waals surface area contributed by atoms with Gasteiger partial charge in [-0.1, -0.05) is 23.9 Å². The number of hydrogen-bond acceptors (Lipinski definition) is 4. The number of nitriles is 1. The molecule has 1 heterocycles. The number of aromatic amines is 1. The monoisotopic (exact) mass is 260 g/mol. The van der Waals surface area contributed by atoms with Crippen LogP contribution < -0.4 is 5.32 Å². The fraction of sp³-hybridized carbons (Fsp3) is 0.385. The maximum Gasteiger partial charge on any atom is 0.166 e. The van der Waals surface area contributed by atoms with Crippen LogP contribution in [-0.2, 0) is 0 Å². The number of imidazole rings is 1. The van der Waals surface area contributed by atoms with E-state index in [0.29, 0.717) is 11.8 Å². The third kappa shape index (κ3) is 3.25. The van der Waals surface area contributed by atoms with Crippen LogP contribution in [0.25, 0.3) is 11.0 Å². The number of aromatic nitrogens is 2. The lowest BCUT2D eigenvalue weighted by Gasteiger charge is -2.12. The van der Waals surface area contributed by atoms with Crippen molar-refractivity contribution in [2.24, 2.45) is 0 Å². The Morgan fingerprint density at radius 2 is 2.22 bits per heavy atom. The van der Waals surface area contributed by atoms with E-state index >= 15 is 0 Å². The molecule has 94 valence electrons. The van der Waals surface area contributed by atoms with Crippen LogP contribution >= 0.6 is 11.8 Å². The molecular weight excluding hydrogens is 244 g/mol. The zero-order valence-corrected chi connectivity index (χ0v) is 11.3. The minimum absolute atomic E-state index is 0.150. The largest absolute Gasteiger partial charge is 0.333 e. The Morgan fingerprint density at radius 3 is 2.89 bits per heavy atom. The minimum atomic E-state index is -0.150. The summed E-state index contributed by atoms with van der Waals surface area (Å²) in [5, 5.41) is 13.1. The average Bonchev–Trinajstić information content (AvgIpc) is 2.76. The second-order valence-corrected chi connectivity index (χ2v) is 5.38. The Kier molecular flexibility index (Phi) is 4.24. The topological polar surface area (TPSA) is 64.5 Å². The van der Waals surface area contributed by atoms with Crippen LogP contribution in [0.4, 0.5) is 0 Å². The number of nitrogens with zero attached hydrogens (tertiary/aromatic N) is 2. The van der Waals surface area contributed by atoms with Crippen molar-refractivity contribution in [3.05, 3.63) is 24.3 Å². The molecule has 0 radical (unpaired) electrons. The standard InChI is InChI=1S/C13H16N4S/c1-9(2)15-10(7-14)8-18-13-16-11-5-3-4-6-12(11)17-13/h3-6,9-10,15H,8H2,1-2H3,(H,16,17). The normalized spacial score (nSPS) is 12.8. The van der Waals surface area contributed by atoms with Gasteiger partial charge in [0.15, 0.2) is 5.16 Å². The fourth-order valence-electron chi connectivity index (χ4n) is 1.69. The highest BCUT2D eigenvalue weighted by Gasteiger charge is 2.10. The molecule has 1 unspecified atom stereocenters. The molecule has 0 aliphatic rings. The van der Waals surface area contributed by atoms with E-state index in [4.69, 9.17) is 5.26 Å². The van der Waals surface area contributed by atoms with Gasteiger partial charge in [-0.2, -0.15) is 5.26 Å². The summed E-state index contributed by atoms with van der Waals surface area (Å²) in [6, 6.07) is 10.3. The fourth-order valence-corrected chi connectivity index (χ4v) is 2.53. The Morgan fingerprint density at radius 1 is 1.44 bits per heavy atom. The van der Waals surface area contributed by atoms with E-state index in [0.717, 1.165) is 16.2 Å². The molecule has 0 spiro atoms. The van der Waals surface area contributed by atoms with Crippen LogP contribution in [0.1, 0.15) is 13.8 Å². The molecule has 18 heavy (non-hydrogen) atoms. The lowest BCUT2D eigenvalue weighted by atomic mass is 10.3. The summed E-state index contributed by atoms with van der Waals surface area (Å²) in [5.41, 5.74) is 2.00. The van der Waals surface area contributed by atoms with Gasteiger partial charge in [0.05, 0.1) is 17.1 Å². The van der Waals surface area contributed by atoms with Gasteiger partial charge in [0, 0.05) is 11.8 Å². The van der Waals surface area contributed by atoms with Crippen molar-refractivity contribution in [1.82, 2.24) is 15.3 Å². The summed E-state index contributed by atoms with van der Waals surface area (Å²) in [7, 11) is 0. The number of nitrogens with one attached hydrogen (secondary N) is 2. The van der Waals surface area contributed by atoms with Gasteiger partial charge in [-0.15, -0.1) is 0 Å². The Labute approximate surface area is 111 Å². The Hall–Kier alpha value is -1.51. The highest BCUT2D eigenvalue weighted by Crippen LogP contribution is 2.19. The first-order valence-corrected chi connectivity index (χ1v) is 6.91. The molecule has 0 bridgehead atoms. The highest BCUT2D eigenvalue weighted by molar-refractivity contribution is 7.99. The summed E-state index contributed by atoms with van der Waals surface area (Å²) in [6.45, 7) is 4.08. The average molecular weight is 260 g/mol. The lowest BCUT2D eigenvalue weighted by Crippen LogP contribution is -2.35. The van der Waals surface area contributed by atoms with Crippen LogP contribution in [0.2, 0.25) is 0 Å². The lowest BCUT2D eigenvalue weighted by molar-refractivity contribution is 0.560. The third-order valence-corrected chi connectivity index (χ3v) is 3.41. The summed E-state index contributed by atoms with van der Waals surface area (Å²) in [6.07, 6.45) is 0. The molecule has 5 heteroatoms. The van der Waals surface area contributed by atoms with Gasteiger partial charge >= 0.3 is 0 Å². The van der Waals surface area contributed by atoms with E-state index in [-0.39, 0.29) is 6.04 Å². The van der Waals surface area contributed by atoms with E-state index < -0.39 is 0 Å². The second-order valence-electron chi connectivity index (χ2n) is 4.37. The molecule has 0 aliphatic heterocycles. The first-order chi connectivity index (χ1) is 8.69. The van der Waals surface area contributed by atoms with E-state index in [1.165, 1.54) is 0 Å². The van der Waals surface area contributed by atoms with Gasteiger partial charge in [-0.3, -0.25) is 5.32 Å². The Balaban J connectivity index is 1.99. The van der Waals surface area contributed by atoms with E-state index in [2.05, 4.69) is 21.4 Å². The van der Waals surface area contributed by atoms with Gasteiger partial charge < -0.3 is 4.98 Å². The van der Waals surface area contributed by atoms with Crippen molar-refractivity contribution in [3.8, 4) is 6.07 Å². The quantitative estimate of drug-likeness (QED) is 0.811.